The van der Waals surface area contributed by atoms with E-state index >= 15 is 0 Å². The van der Waals surface area contributed by atoms with Crippen LogP contribution in [0.25, 0.3) is 11.4 Å². The van der Waals surface area contributed by atoms with Gasteiger partial charge in [-0.1, -0.05) is 11.2 Å². The Morgan fingerprint density at radius 2 is 1.82 bits per heavy atom. The molecule has 7 heteroatoms. The molecule has 0 radical (unpaired) electrons. The molecule has 1 fully saturated rings. The van der Waals surface area contributed by atoms with Gasteiger partial charge in [-0.3, -0.25) is 4.79 Å². The summed E-state index contributed by atoms with van der Waals surface area (Å²) in [6.45, 7) is 4.72. The van der Waals surface area contributed by atoms with E-state index in [1.807, 2.05) is 35.2 Å². The van der Waals surface area contributed by atoms with Crippen molar-refractivity contribution in [1.29, 1.82) is 0 Å². The van der Waals surface area contributed by atoms with Gasteiger partial charge in [0.2, 0.25) is 11.7 Å². The molecule has 28 heavy (non-hydrogen) atoms. The number of amides is 1. The van der Waals surface area contributed by atoms with E-state index in [9.17, 15) is 4.79 Å². The van der Waals surface area contributed by atoms with Gasteiger partial charge in [0.25, 0.3) is 5.91 Å². The van der Waals surface area contributed by atoms with Crippen LogP contribution in [0.5, 0.6) is 5.75 Å². The molecule has 0 saturated carbocycles. The fraction of sp³-hybridized carbons (Fsp3) is 0.286. The molecule has 0 aliphatic carbocycles. The van der Waals surface area contributed by atoms with E-state index in [0.717, 1.165) is 24.3 Å². The van der Waals surface area contributed by atoms with Crippen molar-refractivity contribution in [2.75, 3.05) is 38.2 Å². The molecule has 0 atom stereocenters. The van der Waals surface area contributed by atoms with Gasteiger partial charge in [0.05, 0.1) is 7.11 Å². The maximum atomic E-state index is 12.7. The lowest BCUT2D eigenvalue weighted by atomic mass is 10.1. The van der Waals surface area contributed by atoms with Crippen molar-refractivity contribution < 1.29 is 14.1 Å². The molecule has 0 spiro atoms. The van der Waals surface area contributed by atoms with Crippen LogP contribution < -0.4 is 9.64 Å². The first-order chi connectivity index (χ1) is 13.6. The van der Waals surface area contributed by atoms with Crippen molar-refractivity contribution in [3.05, 3.63) is 60.0 Å². The van der Waals surface area contributed by atoms with E-state index in [4.69, 9.17) is 9.26 Å². The number of hydrogen-bond donors (Lipinski definition) is 0. The number of benzene rings is 2. The zero-order chi connectivity index (χ0) is 19.5. The summed E-state index contributed by atoms with van der Waals surface area (Å²) in [5.74, 6) is 1.89. The summed E-state index contributed by atoms with van der Waals surface area (Å²) in [7, 11) is 1.60. The molecular weight excluding hydrogens is 356 g/mol. The van der Waals surface area contributed by atoms with Crippen LogP contribution in [-0.4, -0.2) is 54.2 Å². The molecule has 1 aliphatic heterocycles. The van der Waals surface area contributed by atoms with E-state index in [1.165, 1.54) is 0 Å². The summed E-state index contributed by atoms with van der Waals surface area (Å²) in [5, 5.41) is 3.95. The molecule has 7 nitrogen and oxygen atoms in total. The zero-order valence-corrected chi connectivity index (χ0v) is 16.0. The van der Waals surface area contributed by atoms with Crippen molar-refractivity contribution in [1.82, 2.24) is 15.0 Å². The number of aromatic nitrogens is 2. The molecule has 0 N–H and O–H groups in total. The Hall–Kier alpha value is -3.35. The monoisotopic (exact) mass is 378 g/mol. The first-order valence-electron chi connectivity index (χ1n) is 9.23. The van der Waals surface area contributed by atoms with Gasteiger partial charge in [-0.15, -0.1) is 0 Å². The first kappa shape index (κ1) is 18.0. The smallest absolute Gasteiger partial charge is 0.254 e. The molecule has 3 aromatic rings. The number of anilines is 1. The second kappa shape index (κ2) is 7.72. The molecule has 0 bridgehead atoms. The topological polar surface area (TPSA) is 71.7 Å². The molecule has 1 amide bonds. The van der Waals surface area contributed by atoms with E-state index < -0.39 is 0 Å². The Morgan fingerprint density at radius 3 is 2.46 bits per heavy atom. The molecule has 2 aromatic carbocycles. The van der Waals surface area contributed by atoms with Gasteiger partial charge in [-0.05, 0) is 42.5 Å². The number of ether oxygens (including phenoxy) is 1. The Kier molecular flexibility index (Phi) is 4.97. The van der Waals surface area contributed by atoms with Gasteiger partial charge < -0.3 is 19.1 Å². The van der Waals surface area contributed by atoms with Crippen LogP contribution in [0.15, 0.2) is 53.1 Å². The Bertz CT molecular complexity index is 960. The maximum Gasteiger partial charge on any atom is 0.254 e. The third-order valence-electron chi connectivity index (χ3n) is 4.90. The van der Waals surface area contributed by atoms with Crippen LogP contribution in [0.3, 0.4) is 0 Å². The number of piperazine rings is 1. The minimum Gasteiger partial charge on any atom is -0.497 e. The van der Waals surface area contributed by atoms with Gasteiger partial charge in [0.1, 0.15) is 5.75 Å². The van der Waals surface area contributed by atoms with Crippen LogP contribution in [0.1, 0.15) is 16.2 Å². The van der Waals surface area contributed by atoms with E-state index in [1.54, 1.807) is 20.1 Å². The summed E-state index contributed by atoms with van der Waals surface area (Å²) in [6.07, 6.45) is 0. The van der Waals surface area contributed by atoms with E-state index in [-0.39, 0.29) is 5.91 Å². The summed E-state index contributed by atoms with van der Waals surface area (Å²) < 4.78 is 10.3. The number of carbonyl (C=O) groups excluding carboxylic acids is 1. The number of carbonyl (C=O) groups is 1. The fourth-order valence-corrected chi connectivity index (χ4v) is 3.34. The minimum absolute atomic E-state index is 0.0429. The molecule has 144 valence electrons. The second-order valence-corrected chi connectivity index (χ2v) is 6.70. The standard InChI is InChI=1S/C21H22N4O3/c1-15-22-20(23-28-15)16-6-8-18(9-7-16)24-10-12-25(13-11-24)21(26)17-4-3-5-19(14-17)27-2/h3-9,14H,10-13H2,1-2H3. The molecule has 1 saturated heterocycles. The molecule has 0 unspecified atom stereocenters. The zero-order valence-electron chi connectivity index (χ0n) is 16.0. The number of methoxy groups -OCH3 is 1. The average molecular weight is 378 g/mol. The first-order valence-corrected chi connectivity index (χ1v) is 9.23. The number of aryl methyl sites for hydroxylation is 1. The summed E-state index contributed by atoms with van der Waals surface area (Å²) >= 11 is 0. The van der Waals surface area contributed by atoms with Crippen molar-refractivity contribution >= 4 is 11.6 Å². The normalized spacial score (nSPS) is 14.2. The largest absolute Gasteiger partial charge is 0.497 e. The van der Waals surface area contributed by atoms with Gasteiger partial charge >= 0.3 is 0 Å². The Labute approximate surface area is 163 Å². The number of rotatable bonds is 4. The molecular formula is C21H22N4O3. The van der Waals surface area contributed by atoms with Crippen molar-refractivity contribution in [2.24, 2.45) is 0 Å². The predicted molar refractivity (Wildman–Crippen MR) is 106 cm³/mol. The lowest BCUT2D eigenvalue weighted by molar-refractivity contribution is 0.0746. The predicted octanol–water partition coefficient (Wildman–Crippen LogP) is 3.02. The minimum atomic E-state index is 0.0429. The highest BCUT2D eigenvalue weighted by molar-refractivity contribution is 5.94. The Balaban J connectivity index is 1.39. The third-order valence-corrected chi connectivity index (χ3v) is 4.90. The van der Waals surface area contributed by atoms with Crippen LogP contribution in [0.2, 0.25) is 0 Å². The fourth-order valence-electron chi connectivity index (χ4n) is 3.34. The molecule has 1 aromatic heterocycles. The highest BCUT2D eigenvalue weighted by Gasteiger charge is 2.22. The van der Waals surface area contributed by atoms with Crippen molar-refractivity contribution in [3.8, 4) is 17.1 Å². The van der Waals surface area contributed by atoms with Crippen LogP contribution >= 0.6 is 0 Å². The van der Waals surface area contributed by atoms with Crippen LogP contribution in [0, 0.1) is 6.92 Å². The van der Waals surface area contributed by atoms with Crippen molar-refractivity contribution in [3.63, 3.8) is 0 Å². The van der Waals surface area contributed by atoms with E-state index in [2.05, 4.69) is 27.2 Å². The molecule has 4 rings (SSSR count). The highest BCUT2D eigenvalue weighted by atomic mass is 16.5. The van der Waals surface area contributed by atoms with Gasteiger partial charge in [-0.2, -0.15) is 4.98 Å². The summed E-state index contributed by atoms with van der Waals surface area (Å²) in [6, 6.07) is 15.4. The second-order valence-electron chi connectivity index (χ2n) is 6.70. The summed E-state index contributed by atoms with van der Waals surface area (Å²) in [4.78, 5) is 21.2. The number of hydrogen-bond acceptors (Lipinski definition) is 6. The average Bonchev–Trinajstić information content (AvgIpc) is 3.20. The molecule has 2 heterocycles. The quantitative estimate of drug-likeness (QED) is 0.695. The third kappa shape index (κ3) is 3.69. The Morgan fingerprint density at radius 1 is 1.07 bits per heavy atom. The number of nitrogens with zero attached hydrogens (tertiary/aromatic N) is 4. The van der Waals surface area contributed by atoms with Crippen LogP contribution in [0.4, 0.5) is 5.69 Å². The SMILES string of the molecule is COc1cccc(C(=O)N2CCN(c3ccc(-c4noc(C)n4)cc3)CC2)c1. The van der Waals surface area contributed by atoms with E-state index in [0.29, 0.717) is 36.1 Å². The van der Waals surface area contributed by atoms with Gasteiger partial charge in [0.15, 0.2) is 0 Å². The molecule has 1 aliphatic rings. The highest BCUT2D eigenvalue weighted by Crippen LogP contribution is 2.23. The lowest BCUT2D eigenvalue weighted by Crippen LogP contribution is -2.48. The van der Waals surface area contributed by atoms with Gasteiger partial charge in [0, 0.05) is 49.9 Å². The van der Waals surface area contributed by atoms with Crippen molar-refractivity contribution in [2.45, 2.75) is 6.92 Å². The maximum absolute atomic E-state index is 12.7. The van der Waals surface area contributed by atoms with Crippen LogP contribution in [-0.2, 0) is 0 Å². The van der Waals surface area contributed by atoms with Gasteiger partial charge in [-0.25, -0.2) is 0 Å². The summed E-state index contributed by atoms with van der Waals surface area (Å²) in [5.41, 5.74) is 2.71. The lowest BCUT2D eigenvalue weighted by Gasteiger charge is -2.36.